The van der Waals surface area contributed by atoms with Gasteiger partial charge in [-0.1, -0.05) is 18.2 Å². The number of nitrogens with one attached hydrogen (secondary N) is 1. The second-order valence-corrected chi connectivity index (χ2v) is 8.44. The number of anilines is 1. The number of aryl methyl sites for hydroxylation is 1. The SMILES string of the molecule is Cc1cc(NC(=O)[C@H](C)N2C(=O)c3ccccc3S2(=O)=O)c2ncccc2c1. The summed E-state index contributed by atoms with van der Waals surface area (Å²) < 4.78 is 26.2. The molecule has 0 saturated carbocycles. The van der Waals surface area contributed by atoms with Crippen LogP contribution in [0.25, 0.3) is 10.9 Å². The Morgan fingerprint density at radius 3 is 2.64 bits per heavy atom. The van der Waals surface area contributed by atoms with Crippen LogP contribution in [-0.4, -0.2) is 35.6 Å². The molecule has 8 heteroatoms. The molecule has 1 aromatic heterocycles. The number of carbonyl (C=O) groups excluding carboxylic acids is 2. The predicted octanol–water partition coefficient (Wildman–Crippen LogP) is 2.71. The molecule has 0 aliphatic carbocycles. The van der Waals surface area contributed by atoms with E-state index in [0.717, 1.165) is 10.9 Å². The maximum Gasteiger partial charge on any atom is 0.269 e. The number of aromatic nitrogens is 1. The third-order valence-electron chi connectivity index (χ3n) is 4.69. The van der Waals surface area contributed by atoms with Crippen molar-refractivity contribution in [3.63, 3.8) is 0 Å². The van der Waals surface area contributed by atoms with Gasteiger partial charge in [-0.05, 0) is 49.7 Å². The Morgan fingerprint density at radius 1 is 1.14 bits per heavy atom. The molecule has 4 rings (SSSR count). The largest absolute Gasteiger partial charge is 0.322 e. The van der Waals surface area contributed by atoms with Crippen molar-refractivity contribution in [3.8, 4) is 0 Å². The topological polar surface area (TPSA) is 96.4 Å². The van der Waals surface area contributed by atoms with Gasteiger partial charge in [0, 0.05) is 11.6 Å². The zero-order chi connectivity index (χ0) is 20.1. The van der Waals surface area contributed by atoms with Crippen LogP contribution < -0.4 is 5.32 Å². The van der Waals surface area contributed by atoms with Crippen LogP contribution >= 0.6 is 0 Å². The van der Waals surface area contributed by atoms with E-state index in [-0.39, 0.29) is 10.5 Å². The molecule has 0 fully saturated rings. The summed E-state index contributed by atoms with van der Waals surface area (Å²) in [5.41, 5.74) is 2.05. The van der Waals surface area contributed by atoms with Crippen LogP contribution in [0.1, 0.15) is 22.8 Å². The molecule has 0 bridgehead atoms. The highest BCUT2D eigenvalue weighted by molar-refractivity contribution is 7.90. The van der Waals surface area contributed by atoms with Gasteiger partial charge in [0.25, 0.3) is 15.9 Å². The van der Waals surface area contributed by atoms with E-state index in [0.29, 0.717) is 15.5 Å². The quantitative estimate of drug-likeness (QED) is 0.736. The molecule has 0 saturated heterocycles. The van der Waals surface area contributed by atoms with Gasteiger partial charge in [-0.3, -0.25) is 14.6 Å². The zero-order valence-corrected chi connectivity index (χ0v) is 16.0. The van der Waals surface area contributed by atoms with Crippen LogP contribution in [-0.2, 0) is 14.8 Å². The van der Waals surface area contributed by atoms with Gasteiger partial charge in [0.2, 0.25) is 5.91 Å². The Kier molecular flexibility index (Phi) is 4.15. The fourth-order valence-corrected chi connectivity index (χ4v) is 5.09. The smallest absolute Gasteiger partial charge is 0.269 e. The number of fused-ring (bicyclic) bond motifs is 2. The van der Waals surface area contributed by atoms with E-state index in [4.69, 9.17) is 0 Å². The molecule has 3 aromatic rings. The van der Waals surface area contributed by atoms with Gasteiger partial charge < -0.3 is 5.32 Å². The maximum atomic E-state index is 12.8. The van der Waals surface area contributed by atoms with Gasteiger partial charge in [0.05, 0.1) is 16.8 Å². The Labute approximate surface area is 162 Å². The summed E-state index contributed by atoms with van der Waals surface area (Å²) in [4.78, 5) is 29.7. The van der Waals surface area contributed by atoms with Crippen LogP contribution in [0.2, 0.25) is 0 Å². The number of nitrogens with zero attached hydrogens (tertiary/aromatic N) is 2. The van der Waals surface area contributed by atoms with Crippen LogP contribution in [0.5, 0.6) is 0 Å². The minimum atomic E-state index is -4.08. The van der Waals surface area contributed by atoms with Crippen LogP contribution in [0.3, 0.4) is 0 Å². The van der Waals surface area contributed by atoms with Crippen molar-refractivity contribution in [1.82, 2.24) is 9.29 Å². The minimum Gasteiger partial charge on any atom is -0.322 e. The van der Waals surface area contributed by atoms with E-state index < -0.39 is 27.9 Å². The van der Waals surface area contributed by atoms with Gasteiger partial charge in [0.1, 0.15) is 10.9 Å². The summed E-state index contributed by atoms with van der Waals surface area (Å²) in [6.07, 6.45) is 1.61. The summed E-state index contributed by atoms with van der Waals surface area (Å²) >= 11 is 0. The lowest BCUT2D eigenvalue weighted by atomic mass is 10.1. The lowest BCUT2D eigenvalue weighted by molar-refractivity contribution is -0.118. The van der Waals surface area contributed by atoms with Crippen molar-refractivity contribution in [2.24, 2.45) is 0 Å². The average molecular weight is 395 g/mol. The first-order chi connectivity index (χ1) is 13.3. The van der Waals surface area contributed by atoms with Crippen molar-refractivity contribution < 1.29 is 18.0 Å². The van der Waals surface area contributed by atoms with Gasteiger partial charge in [0.15, 0.2) is 0 Å². The standard InChI is InChI=1S/C20H17N3O4S/c1-12-10-14-6-5-9-21-18(14)16(11-12)22-19(24)13(2)23-20(25)15-7-3-4-8-17(15)28(23,26)27/h3-11,13H,1-2H3,(H,22,24)/t13-/m0/s1. The molecule has 2 heterocycles. The van der Waals surface area contributed by atoms with E-state index >= 15 is 0 Å². The van der Waals surface area contributed by atoms with E-state index in [1.165, 1.54) is 19.1 Å². The molecule has 1 aliphatic heterocycles. The molecule has 1 atom stereocenters. The van der Waals surface area contributed by atoms with Crippen LogP contribution in [0, 0.1) is 6.92 Å². The number of amides is 2. The van der Waals surface area contributed by atoms with Crippen LogP contribution in [0.4, 0.5) is 5.69 Å². The first-order valence-corrected chi connectivity index (χ1v) is 10.1. The molecular formula is C20H17N3O4S. The minimum absolute atomic E-state index is 0.0739. The normalized spacial score (nSPS) is 16.1. The lowest BCUT2D eigenvalue weighted by Crippen LogP contribution is -2.45. The number of hydrogen-bond acceptors (Lipinski definition) is 5. The third kappa shape index (κ3) is 2.73. The van der Waals surface area contributed by atoms with E-state index in [1.807, 2.05) is 19.1 Å². The highest BCUT2D eigenvalue weighted by atomic mass is 32.2. The Morgan fingerprint density at radius 2 is 1.89 bits per heavy atom. The molecule has 1 aliphatic rings. The van der Waals surface area contributed by atoms with Gasteiger partial charge in [-0.25, -0.2) is 12.7 Å². The Bertz CT molecular complexity index is 1240. The first-order valence-electron chi connectivity index (χ1n) is 8.65. The molecule has 2 aromatic carbocycles. The molecule has 0 spiro atoms. The van der Waals surface area contributed by atoms with Crippen molar-refractivity contribution in [3.05, 3.63) is 65.9 Å². The number of carbonyl (C=O) groups is 2. The van der Waals surface area contributed by atoms with Crippen LogP contribution in [0.15, 0.2) is 59.6 Å². The van der Waals surface area contributed by atoms with E-state index in [2.05, 4.69) is 10.3 Å². The molecule has 0 unspecified atom stereocenters. The van der Waals surface area contributed by atoms with Crippen molar-refractivity contribution >= 4 is 38.4 Å². The van der Waals surface area contributed by atoms with E-state index in [9.17, 15) is 18.0 Å². The van der Waals surface area contributed by atoms with Crippen molar-refractivity contribution in [2.75, 3.05) is 5.32 Å². The molecule has 1 N–H and O–H groups in total. The van der Waals surface area contributed by atoms with Crippen molar-refractivity contribution in [1.29, 1.82) is 0 Å². The van der Waals surface area contributed by atoms with Gasteiger partial charge >= 0.3 is 0 Å². The van der Waals surface area contributed by atoms with Gasteiger partial charge in [-0.15, -0.1) is 0 Å². The highest BCUT2D eigenvalue weighted by Crippen LogP contribution is 2.32. The summed E-state index contributed by atoms with van der Waals surface area (Å²) in [5, 5.41) is 3.58. The number of pyridine rings is 1. The summed E-state index contributed by atoms with van der Waals surface area (Å²) in [6.45, 7) is 3.28. The number of sulfonamides is 1. The summed E-state index contributed by atoms with van der Waals surface area (Å²) in [5.74, 6) is -1.31. The highest BCUT2D eigenvalue weighted by Gasteiger charge is 2.45. The fraction of sp³-hybridized carbons (Fsp3) is 0.150. The third-order valence-corrected chi connectivity index (χ3v) is 6.60. The van der Waals surface area contributed by atoms with Crippen molar-refractivity contribution in [2.45, 2.75) is 24.8 Å². The molecule has 2 amide bonds. The maximum absolute atomic E-state index is 12.8. The predicted molar refractivity (Wildman–Crippen MR) is 104 cm³/mol. The monoisotopic (exact) mass is 395 g/mol. The molecular weight excluding hydrogens is 378 g/mol. The molecule has 0 radical (unpaired) electrons. The van der Waals surface area contributed by atoms with E-state index in [1.54, 1.807) is 30.5 Å². The Hall–Kier alpha value is -3.26. The second-order valence-electron chi connectivity index (χ2n) is 6.66. The fourth-order valence-electron chi connectivity index (χ4n) is 3.37. The molecule has 142 valence electrons. The average Bonchev–Trinajstić information content (AvgIpc) is 2.87. The number of benzene rings is 2. The second kappa shape index (κ2) is 6.42. The number of rotatable bonds is 3. The lowest BCUT2D eigenvalue weighted by Gasteiger charge is -2.22. The zero-order valence-electron chi connectivity index (χ0n) is 15.2. The Balaban J connectivity index is 1.68. The number of hydrogen-bond donors (Lipinski definition) is 1. The first kappa shape index (κ1) is 18.1. The van der Waals surface area contributed by atoms with Gasteiger partial charge in [-0.2, -0.15) is 0 Å². The molecule has 28 heavy (non-hydrogen) atoms. The molecule has 7 nitrogen and oxygen atoms in total. The summed E-state index contributed by atoms with van der Waals surface area (Å²) in [6, 6.07) is 12.1. The summed E-state index contributed by atoms with van der Waals surface area (Å²) in [7, 11) is -4.08.